The normalized spacial score (nSPS) is 13.7. The first-order valence-electron chi connectivity index (χ1n) is 15.3. The topological polar surface area (TPSA) is 91.4 Å². The molecular weight excluding hydrogens is 603 g/mol. The molecule has 8 nitrogen and oxygen atoms in total. The minimum atomic E-state index is -2.96. The minimum absolute atomic E-state index is 0.0141. The first kappa shape index (κ1) is 34.3. The summed E-state index contributed by atoms with van der Waals surface area (Å²) in [5.41, 5.74) is 2.52. The molecule has 1 aliphatic rings. The number of nitrogens with zero attached hydrogens (tertiary/aromatic N) is 1. The lowest BCUT2D eigenvalue weighted by Gasteiger charge is -2.19. The first-order valence-corrected chi connectivity index (χ1v) is 15.3. The van der Waals surface area contributed by atoms with Gasteiger partial charge in [-0.05, 0) is 79.8 Å². The van der Waals surface area contributed by atoms with Crippen molar-refractivity contribution in [3.8, 4) is 22.6 Å². The van der Waals surface area contributed by atoms with Gasteiger partial charge < -0.3 is 23.8 Å². The SMILES string of the molecule is CCOC(=O)CCCOc1cccc(COc2cc(C(=O)N3CCC(F)(F)C3)cc(-c3cccc(F)c3)c2)c1CCC(=O)OCC. The second-order valence-corrected chi connectivity index (χ2v) is 10.8. The summed E-state index contributed by atoms with van der Waals surface area (Å²) < 4.78 is 64.2. The van der Waals surface area contributed by atoms with Crippen LogP contribution >= 0.6 is 0 Å². The summed E-state index contributed by atoms with van der Waals surface area (Å²) in [4.78, 5) is 38.3. The van der Waals surface area contributed by atoms with Gasteiger partial charge in [0, 0.05) is 36.9 Å². The van der Waals surface area contributed by atoms with Crippen LogP contribution in [0, 0.1) is 5.82 Å². The number of benzene rings is 3. The number of ether oxygens (including phenoxy) is 4. The number of alkyl halides is 2. The molecule has 246 valence electrons. The molecule has 1 heterocycles. The lowest BCUT2D eigenvalue weighted by Crippen LogP contribution is -2.31. The van der Waals surface area contributed by atoms with Gasteiger partial charge in [0.2, 0.25) is 0 Å². The Morgan fingerprint density at radius 1 is 0.870 bits per heavy atom. The van der Waals surface area contributed by atoms with Gasteiger partial charge >= 0.3 is 11.9 Å². The van der Waals surface area contributed by atoms with E-state index in [1.54, 1.807) is 38.1 Å². The van der Waals surface area contributed by atoms with E-state index in [0.717, 1.165) is 4.90 Å². The van der Waals surface area contributed by atoms with Crippen molar-refractivity contribution in [2.45, 2.75) is 58.5 Å². The number of hydrogen-bond acceptors (Lipinski definition) is 7. The van der Waals surface area contributed by atoms with Crippen molar-refractivity contribution >= 4 is 17.8 Å². The zero-order valence-corrected chi connectivity index (χ0v) is 26.0. The lowest BCUT2D eigenvalue weighted by molar-refractivity contribution is -0.144. The van der Waals surface area contributed by atoms with E-state index in [0.29, 0.717) is 47.5 Å². The van der Waals surface area contributed by atoms with Gasteiger partial charge in [0.25, 0.3) is 11.8 Å². The van der Waals surface area contributed by atoms with Crippen LogP contribution in [0.15, 0.2) is 60.7 Å². The predicted octanol–water partition coefficient (Wildman–Crippen LogP) is 6.77. The first-order chi connectivity index (χ1) is 22.1. The molecule has 3 aromatic rings. The summed E-state index contributed by atoms with van der Waals surface area (Å²) in [5.74, 6) is -3.89. The van der Waals surface area contributed by atoms with Crippen LogP contribution in [-0.4, -0.2) is 61.6 Å². The maximum Gasteiger partial charge on any atom is 0.306 e. The van der Waals surface area contributed by atoms with E-state index in [9.17, 15) is 27.6 Å². The third-order valence-electron chi connectivity index (χ3n) is 7.37. The summed E-state index contributed by atoms with van der Waals surface area (Å²) >= 11 is 0. The maximum absolute atomic E-state index is 14.1. The number of hydrogen-bond donors (Lipinski definition) is 0. The fourth-order valence-corrected chi connectivity index (χ4v) is 5.15. The Morgan fingerprint density at radius 3 is 2.30 bits per heavy atom. The number of carbonyl (C=O) groups excluding carboxylic acids is 3. The highest BCUT2D eigenvalue weighted by molar-refractivity contribution is 5.96. The van der Waals surface area contributed by atoms with Crippen LogP contribution < -0.4 is 9.47 Å². The zero-order valence-electron chi connectivity index (χ0n) is 26.0. The van der Waals surface area contributed by atoms with Crippen molar-refractivity contribution in [1.82, 2.24) is 4.90 Å². The van der Waals surface area contributed by atoms with Crippen molar-refractivity contribution in [2.75, 3.05) is 32.9 Å². The van der Waals surface area contributed by atoms with Crippen LogP contribution in [0.2, 0.25) is 0 Å². The molecule has 0 atom stereocenters. The van der Waals surface area contributed by atoms with Crippen LogP contribution in [-0.2, 0) is 32.1 Å². The van der Waals surface area contributed by atoms with Gasteiger partial charge in [-0.25, -0.2) is 13.2 Å². The van der Waals surface area contributed by atoms with Crippen molar-refractivity contribution in [2.24, 2.45) is 0 Å². The molecule has 1 amide bonds. The Balaban J connectivity index is 1.59. The number of amides is 1. The van der Waals surface area contributed by atoms with Gasteiger partial charge in [-0.15, -0.1) is 0 Å². The molecule has 0 aromatic heterocycles. The van der Waals surface area contributed by atoms with Crippen LogP contribution in [0.1, 0.15) is 61.0 Å². The third-order valence-corrected chi connectivity index (χ3v) is 7.37. The number of likely N-dealkylation sites (tertiary alicyclic amines) is 1. The van der Waals surface area contributed by atoms with Gasteiger partial charge in [0.05, 0.1) is 26.4 Å². The van der Waals surface area contributed by atoms with Crippen LogP contribution in [0.25, 0.3) is 11.1 Å². The quantitative estimate of drug-likeness (QED) is 0.134. The Morgan fingerprint density at radius 2 is 1.61 bits per heavy atom. The molecule has 0 radical (unpaired) electrons. The van der Waals surface area contributed by atoms with Crippen molar-refractivity contribution in [3.63, 3.8) is 0 Å². The van der Waals surface area contributed by atoms with E-state index in [1.807, 2.05) is 6.07 Å². The zero-order chi connectivity index (χ0) is 33.1. The summed E-state index contributed by atoms with van der Waals surface area (Å²) in [7, 11) is 0. The van der Waals surface area contributed by atoms with E-state index < -0.39 is 30.6 Å². The number of esters is 2. The number of rotatable bonds is 15. The maximum atomic E-state index is 14.1. The molecule has 1 saturated heterocycles. The second kappa shape index (κ2) is 16.1. The van der Waals surface area contributed by atoms with E-state index in [-0.39, 0.29) is 62.5 Å². The fourth-order valence-electron chi connectivity index (χ4n) is 5.15. The molecule has 0 bridgehead atoms. The van der Waals surface area contributed by atoms with Gasteiger partial charge in [0.1, 0.15) is 23.9 Å². The molecule has 1 fully saturated rings. The largest absolute Gasteiger partial charge is 0.493 e. The molecule has 11 heteroatoms. The molecule has 0 saturated carbocycles. The van der Waals surface area contributed by atoms with Gasteiger partial charge in [-0.1, -0.05) is 24.3 Å². The number of carbonyl (C=O) groups is 3. The summed E-state index contributed by atoms with van der Waals surface area (Å²) in [6.45, 7) is 3.51. The lowest BCUT2D eigenvalue weighted by atomic mass is 10.0. The Hall–Kier alpha value is -4.54. The fraction of sp³-hybridized carbons (Fsp3) is 0.400. The molecule has 0 N–H and O–H groups in total. The molecule has 1 aliphatic heterocycles. The molecule has 0 unspecified atom stereocenters. The van der Waals surface area contributed by atoms with Gasteiger partial charge in [-0.2, -0.15) is 0 Å². The van der Waals surface area contributed by atoms with Gasteiger partial charge in [0.15, 0.2) is 0 Å². The molecule has 0 aliphatic carbocycles. The highest BCUT2D eigenvalue weighted by Gasteiger charge is 2.40. The third kappa shape index (κ3) is 9.73. The highest BCUT2D eigenvalue weighted by Crippen LogP contribution is 2.32. The smallest absolute Gasteiger partial charge is 0.306 e. The van der Waals surface area contributed by atoms with Crippen LogP contribution in [0.5, 0.6) is 11.5 Å². The summed E-state index contributed by atoms with van der Waals surface area (Å²) in [6, 6.07) is 15.9. The summed E-state index contributed by atoms with van der Waals surface area (Å²) in [5, 5.41) is 0. The second-order valence-electron chi connectivity index (χ2n) is 10.8. The predicted molar refractivity (Wildman–Crippen MR) is 164 cm³/mol. The molecule has 46 heavy (non-hydrogen) atoms. The molecular formula is C35H38F3NO7. The van der Waals surface area contributed by atoms with E-state index in [1.165, 1.54) is 30.3 Å². The highest BCUT2D eigenvalue weighted by atomic mass is 19.3. The van der Waals surface area contributed by atoms with E-state index in [2.05, 4.69) is 0 Å². The Labute approximate surface area is 266 Å². The monoisotopic (exact) mass is 641 g/mol. The Kier molecular flexibility index (Phi) is 12.1. The van der Waals surface area contributed by atoms with Crippen LogP contribution in [0.4, 0.5) is 13.2 Å². The Bertz CT molecular complexity index is 1530. The van der Waals surface area contributed by atoms with E-state index >= 15 is 0 Å². The average molecular weight is 642 g/mol. The molecule has 0 spiro atoms. The average Bonchev–Trinajstić information content (AvgIpc) is 3.40. The molecule has 3 aromatic carbocycles. The van der Waals surface area contributed by atoms with Crippen LogP contribution in [0.3, 0.4) is 0 Å². The minimum Gasteiger partial charge on any atom is -0.493 e. The van der Waals surface area contributed by atoms with Crippen molar-refractivity contribution < 1.29 is 46.5 Å². The van der Waals surface area contributed by atoms with Crippen molar-refractivity contribution in [3.05, 3.63) is 83.2 Å². The molecule has 4 rings (SSSR count). The van der Waals surface area contributed by atoms with E-state index in [4.69, 9.17) is 18.9 Å². The summed E-state index contributed by atoms with van der Waals surface area (Å²) in [6.07, 6.45) is 0.609. The standard InChI is InChI=1S/C35H38F3NO7/c1-3-43-32(40)12-7-17-45-31-11-6-9-25(30(31)13-14-33(41)44-4-2)22-46-29-20-26(24-8-5-10-28(36)19-24)18-27(21-29)34(42)39-16-15-35(37,38)23-39/h5-6,8-11,18-21H,3-4,7,12-17,22-23H2,1-2H3. The number of halogens is 3. The van der Waals surface area contributed by atoms with Gasteiger partial charge in [-0.3, -0.25) is 14.4 Å². The van der Waals surface area contributed by atoms with Crippen molar-refractivity contribution in [1.29, 1.82) is 0 Å².